The number of alkyl halides is 1. The molecule has 0 aliphatic carbocycles. The van der Waals surface area contributed by atoms with Gasteiger partial charge in [0.1, 0.15) is 18.3 Å². The average Bonchev–Trinajstić information content (AvgIpc) is 2.81. The number of aryl methyl sites for hydroxylation is 1. The fourth-order valence-corrected chi connectivity index (χ4v) is 3.95. The lowest BCUT2D eigenvalue weighted by Crippen LogP contribution is -2.44. The maximum Gasteiger partial charge on any atom is 0.259 e. The second kappa shape index (κ2) is 9.04. The Morgan fingerprint density at radius 2 is 2.00 bits per heavy atom. The first-order chi connectivity index (χ1) is 15.5. The molecule has 0 unspecified atom stereocenters. The predicted octanol–water partition coefficient (Wildman–Crippen LogP) is 3.47. The topological polar surface area (TPSA) is 60.8 Å². The molecule has 0 saturated carbocycles. The van der Waals surface area contributed by atoms with Crippen molar-refractivity contribution in [3.8, 4) is 5.75 Å². The molecule has 2 heterocycles. The molecule has 1 aromatic heterocycles. The van der Waals surface area contributed by atoms with Gasteiger partial charge in [-0.3, -0.25) is 9.59 Å². The molecule has 0 N–H and O–H groups in total. The molecule has 1 aliphatic heterocycles. The van der Waals surface area contributed by atoms with Gasteiger partial charge in [-0.1, -0.05) is 30.3 Å². The minimum atomic E-state index is -1.12. The highest BCUT2D eigenvalue weighted by Gasteiger charge is 2.29. The standard InChI is InChI=1S/C23H21F3N2O4/c1-31-22-17(25)11-15-20(19(22)26)27(8-7-24)12-16(21(15)29)23(30)28-9-10-32-18(13-28)14-5-3-2-4-6-14/h2-6,11-12,18H,7-10,13H2,1H3/t18-/m1/s1. The van der Waals surface area contributed by atoms with Crippen molar-refractivity contribution in [1.29, 1.82) is 0 Å². The molecule has 0 bridgehead atoms. The highest BCUT2D eigenvalue weighted by molar-refractivity contribution is 5.97. The Labute approximate surface area is 181 Å². The number of fused-ring (bicyclic) bond motifs is 1. The van der Waals surface area contributed by atoms with E-state index in [1.54, 1.807) is 0 Å². The van der Waals surface area contributed by atoms with Gasteiger partial charge in [0.15, 0.2) is 17.4 Å². The van der Waals surface area contributed by atoms with E-state index in [2.05, 4.69) is 0 Å². The quantitative estimate of drug-likeness (QED) is 0.602. The first-order valence-electron chi connectivity index (χ1n) is 10.1. The first kappa shape index (κ1) is 21.9. The molecule has 32 heavy (non-hydrogen) atoms. The van der Waals surface area contributed by atoms with Crippen LogP contribution in [0.4, 0.5) is 13.2 Å². The Hall–Kier alpha value is -3.33. The number of hydrogen-bond donors (Lipinski definition) is 0. The van der Waals surface area contributed by atoms with Crippen LogP contribution in [-0.4, -0.2) is 48.9 Å². The molecule has 6 nitrogen and oxygen atoms in total. The van der Waals surface area contributed by atoms with Crippen LogP contribution in [-0.2, 0) is 11.3 Å². The molecule has 0 radical (unpaired) electrons. The van der Waals surface area contributed by atoms with Crippen molar-refractivity contribution >= 4 is 16.8 Å². The Bertz CT molecular complexity index is 1210. The number of hydrogen-bond acceptors (Lipinski definition) is 4. The van der Waals surface area contributed by atoms with E-state index in [4.69, 9.17) is 9.47 Å². The lowest BCUT2D eigenvalue weighted by atomic mass is 10.1. The third-order valence-electron chi connectivity index (χ3n) is 5.50. The summed E-state index contributed by atoms with van der Waals surface area (Å²) in [5.41, 5.74) is -0.548. The fourth-order valence-electron chi connectivity index (χ4n) is 3.95. The van der Waals surface area contributed by atoms with E-state index in [1.807, 2.05) is 30.3 Å². The van der Waals surface area contributed by atoms with Gasteiger partial charge in [0.05, 0.1) is 37.7 Å². The summed E-state index contributed by atoms with van der Waals surface area (Å²) >= 11 is 0. The van der Waals surface area contributed by atoms with Crippen molar-refractivity contribution in [3.05, 3.63) is 75.6 Å². The number of methoxy groups -OCH3 is 1. The molecule has 1 atom stereocenters. The maximum atomic E-state index is 14.9. The van der Waals surface area contributed by atoms with E-state index >= 15 is 0 Å². The van der Waals surface area contributed by atoms with Crippen molar-refractivity contribution in [3.63, 3.8) is 0 Å². The summed E-state index contributed by atoms with van der Waals surface area (Å²) in [5.74, 6) is -3.49. The minimum Gasteiger partial charge on any atom is -0.491 e. The Balaban J connectivity index is 1.77. The van der Waals surface area contributed by atoms with Gasteiger partial charge >= 0.3 is 0 Å². The molecule has 1 fully saturated rings. The van der Waals surface area contributed by atoms with Gasteiger partial charge in [0, 0.05) is 12.7 Å². The van der Waals surface area contributed by atoms with Crippen molar-refractivity contribution in [1.82, 2.24) is 9.47 Å². The zero-order valence-electron chi connectivity index (χ0n) is 17.3. The number of carbonyl (C=O) groups excluding carboxylic acids is 1. The summed E-state index contributed by atoms with van der Waals surface area (Å²) in [4.78, 5) is 27.8. The molecule has 9 heteroatoms. The number of ether oxygens (including phenoxy) is 2. The first-order valence-corrected chi connectivity index (χ1v) is 10.1. The lowest BCUT2D eigenvalue weighted by molar-refractivity contribution is -0.0228. The smallest absolute Gasteiger partial charge is 0.259 e. The minimum absolute atomic E-state index is 0.203. The third kappa shape index (κ3) is 3.84. The van der Waals surface area contributed by atoms with Crippen molar-refractivity contribution < 1.29 is 27.4 Å². The van der Waals surface area contributed by atoms with Crippen LogP contribution in [0, 0.1) is 11.6 Å². The SMILES string of the molecule is COc1c(F)cc2c(=O)c(C(=O)N3CCO[C@@H](c4ccccc4)C3)cn(CCF)c2c1F. The molecule has 1 amide bonds. The average molecular weight is 446 g/mol. The molecular formula is C23H21F3N2O4. The van der Waals surface area contributed by atoms with E-state index in [0.717, 1.165) is 29.5 Å². The third-order valence-corrected chi connectivity index (χ3v) is 5.50. The van der Waals surface area contributed by atoms with Crippen LogP contribution in [0.2, 0.25) is 0 Å². The van der Waals surface area contributed by atoms with Crippen molar-refractivity contribution in [2.45, 2.75) is 12.6 Å². The van der Waals surface area contributed by atoms with E-state index in [0.29, 0.717) is 0 Å². The van der Waals surface area contributed by atoms with Crippen LogP contribution in [0.15, 0.2) is 47.4 Å². The van der Waals surface area contributed by atoms with Crippen LogP contribution in [0.5, 0.6) is 5.75 Å². The number of pyridine rings is 1. The van der Waals surface area contributed by atoms with Crippen molar-refractivity contribution in [2.24, 2.45) is 0 Å². The van der Waals surface area contributed by atoms with Crippen LogP contribution in [0.25, 0.3) is 10.9 Å². The predicted molar refractivity (Wildman–Crippen MR) is 112 cm³/mol. The molecule has 4 rings (SSSR count). The van der Waals surface area contributed by atoms with Gasteiger partial charge in [0.2, 0.25) is 5.43 Å². The number of amides is 1. The molecular weight excluding hydrogens is 425 g/mol. The summed E-state index contributed by atoms with van der Waals surface area (Å²) < 4.78 is 54.0. The van der Waals surface area contributed by atoms with Crippen LogP contribution in [0.1, 0.15) is 22.0 Å². The number of rotatable bonds is 5. The fraction of sp³-hybridized carbons (Fsp3) is 0.304. The number of carbonyl (C=O) groups is 1. The van der Waals surface area contributed by atoms with Crippen LogP contribution >= 0.6 is 0 Å². The lowest BCUT2D eigenvalue weighted by Gasteiger charge is -2.33. The number of halogens is 3. The molecule has 3 aromatic rings. The summed E-state index contributed by atoms with van der Waals surface area (Å²) in [6.45, 7) is -0.488. The van der Waals surface area contributed by atoms with E-state index < -0.39 is 35.4 Å². The second-order valence-electron chi connectivity index (χ2n) is 7.38. The largest absolute Gasteiger partial charge is 0.491 e. The van der Waals surface area contributed by atoms with Gasteiger partial charge < -0.3 is 18.9 Å². The van der Waals surface area contributed by atoms with Gasteiger partial charge in [-0.25, -0.2) is 13.2 Å². The molecule has 168 valence electrons. The number of benzene rings is 2. The molecule has 1 aliphatic rings. The Morgan fingerprint density at radius 1 is 1.25 bits per heavy atom. The van der Waals surface area contributed by atoms with Gasteiger partial charge in [0.25, 0.3) is 5.91 Å². The number of aromatic nitrogens is 1. The highest BCUT2D eigenvalue weighted by Crippen LogP contribution is 2.29. The zero-order valence-corrected chi connectivity index (χ0v) is 17.3. The van der Waals surface area contributed by atoms with E-state index in [9.17, 15) is 22.8 Å². The van der Waals surface area contributed by atoms with Crippen LogP contribution in [0.3, 0.4) is 0 Å². The van der Waals surface area contributed by atoms with Crippen molar-refractivity contribution in [2.75, 3.05) is 33.5 Å². The maximum absolute atomic E-state index is 14.9. The van der Waals surface area contributed by atoms with E-state index in [1.165, 1.54) is 4.90 Å². The normalized spacial score (nSPS) is 16.4. The van der Waals surface area contributed by atoms with Crippen LogP contribution < -0.4 is 10.2 Å². The van der Waals surface area contributed by atoms with Gasteiger partial charge in [-0.15, -0.1) is 0 Å². The second-order valence-corrected chi connectivity index (χ2v) is 7.38. The molecule has 0 spiro atoms. The Morgan fingerprint density at radius 3 is 2.69 bits per heavy atom. The highest BCUT2D eigenvalue weighted by atomic mass is 19.1. The number of morpholine rings is 1. The monoisotopic (exact) mass is 446 g/mol. The zero-order chi connectivity index (χ0) is 22.8. The summed E-state index contributed by atoms with van der Waals surface area (Å²) in [6, 6.07) is 10.2. The molecule has 1 saturated heterocycles. The summed E-state index contributed by atoms with van der Waals surface area (Å²) in [7, 11) is 1.09. The number of nitrogens with zero attached hydrogens (tertiary/aromatic N) is 2. The molecule has 2 aromatic carbocycles. The van der Waals surface area contributed by atoms with E-state index in [-0.39, 0.29) is 48.8 Å². The summed E-state index contributed by atoms with van der Waals surface area (Å²) in [6.07, 6.45) is 0.751. The van der Waals surface area contributed by atoms with Gasteiger partial charge in [-0.2, -0.15) is 0 Å². The Kier molecular flexibility index (Phi) is 6.18. The van der Waals surface area contributed by atoms with Gasteiger partial charge in [-0.05, 0) is 11.6 Å². The summed E-state index contributed by atoms with van der Waals surface area (Å²) in [5, 5.41) is -0.354.